The molecule has 70 valence electrons. The molecule has 0 unspecified atom stereocenters. The fraction of sp³-hybridized carbons (Fsp3) is 0.222. The highest BCUT2D eigenvalue weighted by Gasteiger charge is 1.97. The van der Waals surface area contributed by atoms with E-state index in [-0.39, 0.29) is 5.82 Å². The van der Waals surface area contributed by atoms with Gasteiger partial charge in [0.15, 0.2) is 0 Å². The summed E-state index contributed by atoms with van der Waals surface area (Å²) < 4.78 is 12.5. The molecule has 0 heterocycles. The quantitative estimate of drug-likeness (QED) is 0.577. The van der Waals surface area contributed by atoms with Crippen molar-refractivity contribution in [3.05, 3.63) is 35.6 Å². The minimum atomic E-state index is -0.244. The second-order valence-electron chi connectivity index (χ2n) is 2.66. The predicted molar refractivity (Wildman–Crippen MR) is 52.2 cm³/mol. The summed E-state index contributed by atoms with van der Waals surface area (Å²) in [5.74, 6) is -0.244. The van der Waals surface area contributed by atoms with Crippen LogP contribution in [0.1, 0.15) is 12.0 Å². The van der Waals surface area contributed by atoms with E-state index in [1.807, 2.05) is 5.48 Å². The molecule has 0 aliphatic carbocycles. The van der Waals surface area contributed by atoms with Crippen molar-refractivity contribution >= 4 is 17.2 Å². The maximum absolute atomic E-state index is 12.5. The van der Waals surface area contributed by atoms with E-state index >= 15 is 0 Å². The van der Waals surface area contributed by atoms with Crippen LogP contribution in [0.15, 0.2) is 24.3 Å². The van der Waals surface area contributed by atoms with Crippen LogP contribution in [0.2, 0.25) is 0 Å². The van der Waals surface area contributed by atoms with E-state index in [1.54, 1.807) is 12.1 Å². The van der Waals surface area contributed by atoms with Crippen LogP contribution < -0.4 is 5.48 Å². The minimum absolute atomic E-state index is 0.244. The van der Waals surface area contributed by atoms with Crippen LogP contribution in [-0.4, -0.2) is 10.2 Å². The first kappa shape index (κ1) is 10.1. The number of halogens is 1. The van der Waals surface area contributed by atoms with Gasteiger partial charge in [0.1, 0.15) is 10.8 Å². The predicted octanol–water partition coefficient (Wildman–Crippen LogP) is 2.06. The average Bonchev–Trinajstić information content (AvgIpc) is 2.16. The Morgan fingerprint density at radius 2 is 2.00 bits per heavy atom. The molecule has 0 saturated heterocycles. The Morgan fingerprint density at radius 3 is 2.54 bits per heavy atom. The van der Waals surface area contributed by atoms with E-state index in [1.165, 1.54) is 12.1 Å². The Labute approximate surface area is 81.3 Å². The van der Waals surface area contributed by atoms with Crippen molar-refractivity contribution in [2.24, 2.45) is 0 Å². The lowest BCUT2D eigenvalue weighted by atomic mass is 10.1. The van der Waals surface area contributed by atoms with Gasteiger partial charge in [-0.15, -0.1) is 0 Å². The molecule has 0 atom stereocenters. The van der Waals surface area contributed by atoms with Crippen molar-refractivity contribution in [1.29, 1.82) is 0 Å². The van der Waals surface area contributed by atoms with Crippen LogP contribution >= 0.6 is 12.2 Å². The largest absolute Gasteiger partial charge is 0.291 e. The molecule has 13 heavy (non-hydrogen) atoms. The van der Waals surface area contributed by atoms with Gasteiger partial charge in [0, 0.05) is 6.42 Å². The Hall–Kier alpha value is -1.00. The maximum Gasteiger partial charge on any atom is 0.123 e. The van der Waals surface area contributed by atoms with E-state index in [0.29, 0.717) is 17.8 Å². The minimum Gasteiger partial charge on any atom is -0.291 e. The van der Waals surface area contributed by atoms with Gasteiger partial charge in [0.25, 0.3) is 0 Å². The lowest BCUT2D eigenvalue weighted by Crippen LogP contribution is -2.16. The van der Waals surface area contributed by atoms with Crippen molar-refractivity contribution in [1.82, 2.24) is 5.48 Å². The Balaban J connectivity index is 2.46. The number of aryl methyl sites for hydroxylation is 1. The van der Waals surface area contributed by atoms with Crippen LogP contribution in [-0.2, 0) is 6.42 Å². The van der Waals surface area contributed by atoms with E-state index < -0.39 is 0 Å². The molecule has 0 bridgehead atoms. The van der Waals surface area contributed by atoms with E-state index in [9.17, 15) is 4.39 Å². The third-order valence-electron chi connectivity index (χ3n) is 1.68. The van der Waals surface area contributed by atoms with Crippen LogP contribution in [0.3, 0.4) is 0 Å². The molecule has 4 heteroatoms. The summed E-state index contributed by atoms with van der Waals surface area (Å²) in [6.45, 7) is 0. The molecule has 2 nitrogen and oxygen atoms in total. The summed E-state index contributed by atoms with van der Waals surface area (Å²) in [6, 6.07) is 6.22. The van der Waals surface area contributed by atoms with Crippen LogP contribution in [0.5, 0.6) is 0 Å². The Bertz CT molecular complexity index is 286. The highest BCUT2D eigenvalue weighted by atomic mass is 32.1. The zero-order valence-corrected chi connectivity index (χ0v) is 7.77. The SMILES string of the molecule is ONC(=S)CCc1ccc(F)cc1. The molecule has 0 amide bonds. The second-order valence-corrected chi connectivity index (χ2v) is 3.15. The third-order valence-corrected chi connectivity index (χ3v) is 1.97. The van der Waals surface area contributed by atoms with Crippen molar-refractivity contribution < 1.29 is 9.60 Å². The molecular formula is C9H10FNOS. The normalized spacial score (nSPS) is 9.69. The first-order valence-corrected chi connectivity index (χ1v) is 4.30. The highest BCUT2D eigenvalue weighted by molar-refractivity contribution is 7.80. The zero-order chi connectivity index (χ0) is 9.68. The summed E-state index contributed by atoms with van der Waals surface area (Å²) in [7, 11) is 0. The molecule has 0 spiro atoms. The summed E-state index contributed by atoms with van der Waals surface area (Å²) in [6.07, 6.45) is 1.27. The van der Waals surface area contributed by atoms with Crippen LogP contribution in [0, 0.1) is 5.82 Å². The lowest BCUT2D eigenvalue weighted by Gasteiger charge is -2.01. The van der Waals surface area contributed by atoms with E-state index in [4.69, 9.17) is 17.4 Å². The van der Waals surface area contributed by atoms with Gasteiger partial charge in [-0.05, 0) is 24.1 Å². The van der Waals surface area contributed by atoms with Gasteiger partial charge in [-0.25, -0.2) is 4.39 Å². The standard InChI is InChI=1S/C9H10FNOS/c10-8-4-1-7(2-5-8)3-6-9(13)11-12/h1-2,4-5,12H,3,6H2,(H,11,13). The molecule has 0 radical (unpaired) electrons. The molecular weight excluding hydrogens is 189 g/mol. The van der Waals surface area contributed by atoms with Gasteiger partial charge in [-0.1, -0.05) is 24.4 Å². The van der Waals surface area contributed by atoms with Crippen LogP contribution in [0.25, 0.3) is 0 Å². The van der Waals surface area contributed by atoms with Gasteiger partial charge in [0.05, 0.1) is 0 Å². The summed E-state index contributed by atoms with van der Waals surface area (Å²) >= 11 is 4.74. The lowest BCUT2D eigenvalue weighted by molar-refractivity contribution is 0.235. The topological polar surface area (TPSA) is 32.3 Å². The fourth-order valence-corrected chi connectivity index (χ4v) is 1.07. The van der Waals surface area contributed by atoms with Gasteiger partial charge in [-0.2, -0.15) is 0 Å². The van der Waals surface area contributed by atoms with Crippen molar-refractivity contribution in [3.8, 4) is 0 Å². The third kappa shape index (κ3) is 3.48. The van der Waals surface area contributed by atoms with Crippen molar-refractivity contribution in [3.63, 3.8) is 0 Å². The maximum atomic E-state index is 12.5. The molecule has 2 N–H and O–H groups in total. The smallest absolute Gasteiger partial charge is 0.123 e. The van der Waals surface area contributed by atoms with E-state index in [2.05, 4.69) is 0 Å². The van der Waals surface area contributed by atoms with Gasteiger partial charge >= 0.3 is 0 Å². The number of benzene rings is 1. The number of hydroxylamine groups is 1. The highest BCUT2D eigenvalue weighted by Crippen LogP contribution is 2.05. The number of nitrogens with one attached hydrogen (secondary N) is 1. The molecule has 0 aliphatic rings. The molecule has 1 aromatic carbocycles. The number of thiocarbonyl (C=S) groups is 1. The molecule has 0 aliphatic heterocycles. The van der Waals surface area contributed by atoms with Gasteiger partial charge in [-0.3, -0.25) is 10.7 Å². The van der Waals surface area contributed by atoms with Crippen molar-refractivity contribution in [2.45, 2.75) is 12.8 Å². The van der Waals surface area contributed by atoms with Gasteiger partial charge < -0.3 is 0 Å². The van der Waals surface area contributed by atoms with Crippen LogP contribution in [0.4, 0.5) is 4.39 Å². The first-order chi connectivity index (χ1) is 6.22. The van der Waals surface area contributed by atoms with Gasteiger partial charge in [0.2, 0.25) is 0 Å². The first-order valence-electron chi connectivity index (χ1n) is 3.90. The summed E-state index contributed by atoms with van der Waals surface area (Å²) in [5.41, 5.74) is 2.90. The monoisotopic (exact) mass is 199 g/mol. The number of hydrogen-bond donors (Lipinski definition) is 2. The molecule has 0 aromatic heterocycles. The zero-order valence-electron chi connectivity index (χ0n) is 6.96. The molecule has 0 saturated carbocycles. The summed E-state index contributed by atoms with van der Waals surface area (Å²) in [4.78, 5) is 0.393. The Morgan fingerprint density at radius 1 is 1.38 bits per heavy atom. The average molecular weight is 199 g/mol. The Kier molecular flexibility index (Phi) is 3.79. The number of rotatable bonds is 3. The fourth-order valence-electron chi connectivity index (χ4n) is 0.965. The molecule has 0 fully saturated rings. The summed E-state index contributed by atoms with van der Waals surface area (Å²) in [5, 5.41) is 8.41. The number of hydrogen-bond acceptors (Lipinski definition) is 2. The second kappa shape index (κ2) is 4.89. The van der Waals surface area contributed by atoms with E-state index in [0.717, 1.165) is 5.56 Å². The molecule has 1 rings (SSSR count). The molecule has 1 aromatic rings. The van der Waals surface area contributed by atoms with Crippen molar-refractivity contribution in [2.75, 3.05) is 0 Å².